The van der Waals surface area contributed by atoms with E-state index in [4.69, 9.17) is 5.11 Å². The average molecular weight is 239 g/mol. The second-order valence-electron chi connectivity index (χ2n) is 3.18. The van der Waals surface area contributed by atoms with Gasteiger partial charge in [0.2, 0.25) is 10.0 Å². The van der Waals surface area contributed by atoms with Gasteiger partial charge in [0, 0.05) is 11.8 Å². The zero-order valence-electron chi connectivity index (χ0n) is 7.60. The molecule has 0 saturated carbocycles. The first kappa shape index (κ1) is 11.8. The van der Waals surface area contributed by atoms with Crippen LogP contribution in [0.3, 0.4) is 0 Å². The molecule has 1 unspecified atom stereocenters. The highest BCUT2D eigenvalue weighted by Crippen LogP contribution is 2.17. The Labute approximate surface area is 87.3 Å². The van der Waals surface area contributed by atoms with E-state index in [1.54, 1.807) is 11.8 Å². The first-order chi connectivity index (χ1) is 6.49. The van der Waals surface area contributed by atoms with Crippen LogP contribution in [0.2, 0.25) is 0 Å². The predicted octanol–water partition coefficient (Wildman–Crippen LogP) is -0.114. The van der Waals surface area contributed by atoms with Gasteiger partial charge in [-0.3, -0.25) is 4.79 Å². The molecule has 0 aromatic rings. The Morgan fingerprint density at radius 3 is 2.79 bits per heavy atom. The molecule has 0 aromatic carbocycles. The molecular formula is C7H13NO4S2. The molecule has 14 heavy (non-hydrogen) atoms. The summed E-state index contributed by atoms with van der Waals surface area (Å²) in [6.07, 6.45) is 1.77. The van der Waals surface area contributed by atoms with Gasteiger partial charge < -0.3 is 5.11 Å². The minimum atomic E-state index is -3.64. The molecule has 0 spiro atoms. The van der Waals surface area contributed by atoms with Crippen molar-refractivity contribution >= 4 is 27.8 Å². The Morgan fingerprint density at radius 2 is 2.29 bits per heavy atom. The van der Waals surface area contributed by atoms with Crippen molar-refractivity contribution in [2.45, 2.75) is 18.9 Å². The van der Waals surface area contributed by atoms with E-state index in [-0.39, 0.29) is 6.04 Å². The summed E-state index contributed by atoms with van der Waals surface area (Å²) < 4.78 is 24.8. The van der Waals surface area contributed by atoms with Crippen LogP contribution in [0.5, 0.6) is 0 Å². The molecule has 1 rings (SSSR count). The van der Waals surface area contributed by atoms with Crippen LogP contribution in [0, 0.1) is 0 Å². The summed E-state index contributed by atoms with van der Waals surface area (Å²) in [6.45, 7) is 0. The fourth-order valence-electron chi connectivity index (χ4n) is 1.29. The molecule has 1 saturated heterocycles. The van der Waals surface area contributed by atoms with Crippen molar-refractivity contribution < 1.29 is 18.3 Å². The lowest BCUT2D eigenvalue weighted by Crippen LogP contribution is -2.40. The van der Waals surface area contributed by atoms with E-state index in [0.29, 0.717) is 0 Å². The molecule has 0 radical (unpaired) electrons. The third-order valence-electron chi connectivity index (χ3n) is 1.82. The quantitative estimate of drug-likeness (QED) is 0.715. The minimum absolute atomic E-state index is 0.0990. The number of rotatable bonds is 4. The molecule has 1 fully saturated rings. The number of aliphatic carboxylic acids is 1. The van der Waals surface area contributed by atoms with Crippen molar-refractivity contribution in [2.24, 2.45) is 0 Å². The molecule has 1 heterocycles. The third kappa shape index (κ3) is 4.30. The van der Waals surface area contributed by atoms with E-state index < -0.39 is 21.7 Å². The van der Waals surface area contributed by atoms with Crippen LogP contribution in [0.25, 0.3) is 0 Å². The fourth-order valence-corrected chi connectivity index (χ4v) is 3.59. The molecule has 0 aliphatic carbocycles. The Morgan fingerprint density at radius 1 is 1.57 bits per heavy atom. The smallest absolute Gasteiger partial charge is 0.320 e. The molecule has 0 amide bonds. The van der Waals surface area contributed by atoms with E-state index in [1.165, 1.54) is 0 Å². The lowest BCUT2D eigenvalue weighted by Gasteiger charge is -2.21. The molecule has 1 atom stereocenters. The first-order valence-corrected chi connectivity index (χ1v) is 7.10. The van der Waals surface area contributed by atoms with Gasteiger partial charge in [0.05, 0.1) is 0 Å². The molecule has 5 nitrogen and oxygen atoms in total. The van der Waals surface area contributed by atoms with Crippen LogP contribution >= 0.6 is 11.8 Å². The predicted molar refractivity (Wildman–Crippen MR) is 54.9 cm³/mol. The zero-order valence-corrected chi connectivity index (χ0v) is 9.23. The van der Waals surface area contributed by atoms with Crippen molar-refractivity contribution in [1.29, 1.82) is 0 Å². The van der Waals surface area contributed by atoms with Crippen LogP contribution in [0.1, 0.15) is 12.8 Å². The van der Waals surface area contributed by atoms with Gasteiger partial charge in [-0.05, 0) is 18.6 Å². The van der Waals surface area contributed by atoms with Crippen molar-refractivity contribution in [3.63, 3.8) is 0 Å². The van der Waals surface area contributed by atoms with E-state index in [2.05, 4.69) is 4.72 Å². The minimum Gasteiger partial charge on any atom is -0.480 e. The number of carboxylic acids is 1. The van der Waals surface area contributed by atoms with Crippen LogP contribution in [0.15, 0.2) is 0 Å². The highest BCUT2D eigenvalue weighted by Gasteiger charge is 2.22. The molecule has 82 valence electrons. The van der Waals surface area contributed by atoms with Crippen molar-refractivity contribution in [2.75, 3.05) is 17.3 Å². The normalized spacial score (nSPS) is 23.3. The molecule has 0 bridgehead atoms. The molecule has 7 heteroatoms. The standard InChI is InChI=1S/C7H13NO4S2/c9-7(10)5-14(11,12)8-6-2-1-3-13-4-6/h6,8H,1-5H2,(H,9,10). The Hall–Kier alpha value is -0.270. The largest absolute Gasteiger partial charge is 0.480 e. The highest BCUT2D eigenvalue weighted by molar-refractivity contribution is 7.99. The van der Waals surface area contributed by atoms with Crippen LogP contribution < -0.4 is 4.72 Å². The maximum absolute atomic E-state index is 11.2. The van der Waals surface area contributed by atoms with Gasteiger partial charge in [-0.2, -0.15) is 11.8 Å². The van der Waals surface area contributed by atoms with E-state index >= 15 is 0 Å². The number of carboxylic acid groups (broad SMARTS) is 1. The first-order valence-electron chi connectivity index (χ1n) is 4.29. The summed E-state index contributed by atoms with van der Waals surface area (Å²) in [5, 5.41) is 8.35. The van der Waals surface area contributed by atoms with Gasteiger partial charge in [-0.15, -0.1) is 0 Å². The van der Waals surface area contributed by atoms with Gasteiger partial charge in [-0.25, -0.2) is 13.1 Å². The number of nitrogens with one attached hydrogen (secondary N) is 1. The number of thioether (sulfide) groups is 1. The SMILES string of the molecule is O=C(O)CS(=O)(=O)NC1CCCSC1. The zero-order chi connectivity index (χ0) is 10.6. The second kappa shape index (κ2) is 4.99. The van der Waals surface area contributed by atoms with Gasteiger partial charge >= 0.3 is 5.97 Å². The second-order valence-corrected chi connectivity index (χ2v) is 6.09. The van der Waals surface area contributed by atoms with Crippen LogP contribution in [-0.2, 0) is 14.8 Å². The highest BCUT2D eigenvalue weighted by atomic mass is 32.2. The molecular weight excluding hydrogens is 226 g/mol. The average Bonchev–Trinajstić information content (AvgIpc) is 2.02. The molecule has 2 N–H and O–H groups in total. The molecule has 1 aliphatic rings. The Bertz CT molecular complexity index is 295. The lowest BCUT2D eigenvalue weighted by molar-refractivity contribution is -0.134. The van der Waals surface area contributed by atoms with E-state index in [1.807, 2.05) is 0 Å². The van der Waals surface area contributed by atoms with Gasteiger partial charge in [0.25, 0.3) is 0 Å². The molecule has 0 aromatic heterocycles. The van der Waals surface area contributed by atoms with E-state index in [0.717, 1.165) is 24.3 Å². The monoisotopic (exact) mass is 239 g/mol. The third-order valence-corrected chi connectivity index (χ3v) is 4.35. The Balaban J connectivity index is 2.45. The summed E-state index contributed by atoms with van der Waals surface area (Å²) in [5.41, 5.74) is 0. The van der Waals surface area contributed by atoms with Gasteiger partial charge in [0.1, 0.15) is 0 Å². The summed E-state index contributed by atoms with van der Waals surface area (Å²) in [7, 11) is -3.64. The summed E-state index contributed by atoms with van der Waals surface area (Å²) in [6, 6.07) is -0.0990. The van der Waals surface area contributed by atoms with E-state index in [9.17, 15) is 13.2 Å². The van der Waals surface area contributed by atoms with Crippen molar-refractivity contribution in [1.82, 2.24) is 4.72 Å². The summed E-state index contributed by atoms with van der Waals surface area (Å²) in [5.74, 6) is -0.370. The van der Waals surface area contributed by atoms with Gasteiger partial charge in [0.15, 0.2) is 5.75 Å². The maximum Gasteiger partial charge on any atom is 0.320 e. The van der Waals surface area contributed by atoms with Crippen LogP contribution in [-0.4, -0.2) is 42.8 Å². The molecule has 1 aliphatic heterocycles. The summed E-state index contributed by atoms with van der Waals surface area (Å²) >= 11 is 1.69. The fraction of sp³-hybridized carbons (Fsp3) is 0.857. The van der Waals surface area contributed by atoms with Crippen molar-refractivity contribution in [3.8, 4) is 0 Å². The number of sulfonamides is 1. The number of carbonyl (C=O) groups is 1. The van der Waals surface area contributed by atoms with Gasteiger partial charge in [-0.1, -0.05) is 0 Å². The van der Waals surface area contributed by atoms with Crippen molar-refractivity contribution in [3.05, 3.63) is 0 Å². The lowest BCUT2D eigenvalue weighted by atomic mass is 10.2. The number of hydrogen-bond acceptors (Lipinski definition) is 4. The topological polar surface area (TPSA) is 83.5 Å². The van der Waals surface area contributed by atoms with Crippen LogP contribution in [0.4, 0.5) is 0 Å². The summed E-state index contributed by atoms with van der Waals surface area (Å²) in [4.78, 5) is 10.2. The maximum atomic E-state index is 11.2. The number of hydrogen-bond donors (Lipinski definition) is 2. The Kier molecular flexibility index (Phi) is 4.21.